The lowest BCUT2D eigenvalue weighted by atomic mass is 9.67. The molecule has 2 N–H and O–H groups in total. The van der Waals surface area contributed by atoms with Gasteiger partial charge < -0.3 is 10.6 Å². The van der Waals surface area contributed by atoms with Gasteiger partial charge in [0.2, 0.25) is 0 Å². The second-order valence-electron chi connectivity index (χ2n) is 12.7. The van der Waals surface area contributed by atoms with Crippen LogP contribution in [0.5, 0.6) is 0 Å². The van der Waals surface area contributed by atoms with E-state index in [2.05, 4.69) is 175 Å². The second kappa shape index (κ2) is 15.0. The summed E-state index contributed by atoms with van der Waals surface area (Å²) in [4.78, 5) is 2.32. The lowest BCUT2D eigenvalue weighted by molar-refractivity contribution is 0.767. The van der Waals surface area contributed by atoms with E-state index in [0.29, 0.717) is 6.54 Å². The fourth-order valence-corrected chi connectivity index (χ4v) is 7.99. The van der Waals surface area contributed by atoms with E-state index in [9.17, 15) is 0 Å². The molecule has 0 aliphatic heterocycles. The first-order valence-corrected chi connectivity index (χ1v) is 18.6. The van der Waals surface area contributed by atoms with Gasteiger partial charge in [0, 0.05) is 12.2 Å². The van der Waals surface area contributed by atoms with Gasteiger partial charge in [-0.25, -0.2) is 0 Å². The molecule has 1 aliphatic rings. The van der Waals surface area contributed by atoms with Crippen LogP contribution in [-0.2, 0) is 12.0 Å². The SMILES string of the molecule is CC.CC.Nc1ccccc1N(Cc1ccc2c(c1)C(c1ccccc1)(c1ccc3c(ccc4ccccc43)c1)c1ccccc1-2)c1ccccc1. The Balaban J connectivity index is 0.00000102. The quantitative estimate of drug-likeness (QED) is 0.140. The minimum absolute atomic E-state index is 0.494. The predicted molar refractivity (Wildman–Crippen MR) is 225 cm³/mol. The number of anilines is 3. The molecule has 0 aromatic heterocycles. The van der Waals surface area contributed by atoms with E-state index in [1.165, 1.54) is 60.5 Å². The van der Waals surface area contributed by atoms with Crippen molar-refractivity contribution >= 4 is 38.6 Å². The van der Waals surface area contributed by atoms with Crippen LogP contribution >= 0.6 is 0 Å². The Kier molecular flexibility index (Phi) is 9.91. The highest BCUT2D eigenvalue weighted by Crippen LogP contribution is 2.56. The Morgan fingerprint density at radius 2 is 1.08 bits per heavy atom. The average molecular weight is 675 g/mol. The molecule has 2 nitrogen and oxygen atoms in total. The number of benzene rings is 8. The lowest BCUT2D eigenvalue weighted by Gasteiger charge is -2.34. The maximum Gasteiger partial charge on any atom is 0.0713 e. The van der Waals surface area contributed by atoms with Gasteiger partial charge in [-0.15, -0.1) is 0 Å². The molecule has 0 saturated carbocycles. The summed E-state index contributed by atoms with van der Waals surface area (Å²) in [6.07, 6.45) is 0. The van der Waals surface area contributed by atoms with E-state index in [4.69, 9.17) is 5.73 Å². The maximum absolute atomic E-state index is 6.59. The summed E-state index contributed by atoms with van der Waals surface area (Å²) < 4.78 is 0. The molecule has 8 aromatic carbocycles. The summed E-state index contributed by atoms with van der Waals surface area (Å²) in [5, 5.41) is 5.07. The Hall–Kier alpha value is -6.12. The molecule has 9 rings (SSSR count). The summed E-state index contributed by atoms with van der Waals surface area (Å²) in [7, 11) is 0. The summed E-state index contributed by atoms with van der Waals surface area (Å²) in [6.45, 7) is 8.68. The number of hydrogen-bond acceptors (Lipinski definition) is 2. The van der Waals surface area contributed by atoms with Crippen molar-refractivity contribution in [3.63, 3.8) is 0 Å². The molecular weight excluding hydrogens is 629 g/mol. The number of fused-ring (bicyclic) bond motifs is 6. The summed E-state index contributed by atoms with van der Waals surface area (Å²) in [5.41, 5.74) is 17.9. The highest BCUT2D eigenvalue weighted by Gasteiger charge is 2.46. The van der Waals surface area contributed by atoms with Crippen LogP contribution in [0.1, 0.15) is 55.5 Å². The van der Waals surface area contributed by atoms with Crippen LogP contribution in [0, 0.1) is 0 Å². The molecule has 0 heterocycles. The van der Waals surface area contributed by atoms with Crippen LogP contribution in [0.25, 0.3) is 32.7 Å². The van der Waals surface area contributed by atoms with Crippen molar-refractivity contribution in [3.8, 4) is 11.1 Å². The predicted octanol–water partition coefficient (Wildman–Crippen LogP) is 13.3. The van der Waals surface area contributed by atoms with Gasteiger partial charge in [0.15, 0.2) is 0 Å². The maximum atomic E-state index is 6.59. The van der Waals surface area contributed by atoms with Crippen LogP contribution in [-0.4, -0.2) is 0 Å². The Bertz CT molecular complexity index is 2450. The minimum atomic E-state index is -0.494. The molecule has 0 fully saturated rings. The monoisotopic (exact) mass is 674 g/mol. The zero-order chi connectivity index (χ0) is 36.1. The van der Waals surface area contributed by atoms with Gasteiger partial charge in [0.1, 0.15) is 0 Å². The van der Waals surface area contributed by atoms with E-state index in [1.807, 2.05) is 39.8 Å². The highest BCUT2D eigenvalue weighted by molar-refractivity contribution is 6.08. The fraction of sp³-hybridized carbons (Fsp3) is 0.120. The second-order valence-corrected chi connectivity index (χ2v) is 12.7. The van der Waals surface area contributed by atoms with Crippen molar-refractivity contribution < 1.29 is 0 Å². The van der Waals surface area contributed by atoms with Crippen LogP contribution < -0.4 is 10.6 Å². The average Bonchev–Trinajstić information content (AvgIpc) is 3.52. The summed E-state index contributed by atoms with van der Waals surface area (Å²) in [5.74, 6) is 0. The molecule has 1 aliphatic carbocycles. The first kappa shape index (κ1) is 34.3. The number of hydrogen-bond donors (Lipinski definition) is 1. The fourth-order valence-electron chi connectivity index (χ4n) is 7.99. The molecule has 8 aromatic rings. The normalized spacial score (nSPS) is 14.0. The van der Waals surface area contributed by atoms with Crippen molar-refractivity contribution in [1.82, 2.24) is 0 Å². The summed E-state index contributed by atoms with van der Waals surface area (Å²) in [6, 6.07) is 66.1. The number of nitrogen functional groups attached to an aromatic ring is 1. The standard InChI is InChI=1S/C46H34N2.2C2H6/c47-44-21-11-12-22-45(44)48(37-16-5-2-6-17-37)31-32-23-27-41-40-19-9-10-20-42(40)46(43(41)29-32,35-14-3-1-4-15-35)36-26-28-39-34(30-36)25-24-33-13-7-8-18-38(33)39;2*1-2/h1-30H,31,47H2;2*1-2H3. The molecule has 0 spiro atoms. The van der Waals surface area contributed by atoms with Crippen LogP contribution in [0.15, 0.2) is 182 Å². The Morgan fingerprint density at radius 1 is 0.462 bits per heavy atom. The van der Waals surface area contributed by atoms with Gasteiger partial charge in [-0.05, 0) is 90.8 Å². The largest absolute Gasteiger partial charge is 0.397 e. The van der Waals surface area contributed by atoms with E-state index in [1.54, 1.807) is 0 Å². The van der Waals surface area contributed by atoms with E-state index in [-0.39, 0.29) is 0 Å². The molecule has 0 radical (unpaired) electrons. The highest BCUT2D eigenvalue weighted by atomic mass is 15.1. The smallest absolute Gasteiger partial charge is 0.0713 e. The van der Waals surface area contributed by atoms with Crippen molar-refractivity contribution in [3.05, 3.63) is 210 Å². The molecule has 1 atom stereocenters. The first-order chi connectivity index (χ1) is 25.7. The van der Waals surface area contributed by atoms with Crippen molar-refractivity contribution in [2.45, 2.75) is 39.7 Å². The van der Waals surface area contributed by atoms with Gasteiger partial charge in [-0.2, -0.15) is 0 Å². The van der Waals surface area contributed by atoms with Gasteiger partial charge >= 0.3 is 0 Å². The molecule has 0 amide bonds. The van der Waals surface area contributed by atoms with Crippen LogP contribution in [0.3, 0.4) is 0 Å². The van der Waals surface area contributed by atoms with Gasteiger partial charge in [0.05, 0.1) is 16.8 Å². The zero-order valence-corrected chi connectivity index (χ0v) is 30.6. The van der Waals surface area contributed by atoms with Crippen molar-refractivity contribution in [2.24, 2.45) is 0 Å². The third-order valence-electron chi connectivity index (χ3n) is 10.1. The van der Waals surface area contributed by atoms with Crippen molar-refractivity contribution in [2.75, 3.05) is 10.6 Å². The molecular formula is C50H46N2. The Morgan fingerprint density at radius 3 is 1.87 bits per heavy atom. The number of rotatable bonds is 6. The molecule has 1 unspecified atom stereocenters. The third kappa shape index (κ3) is 5.81. The summed E-state index contributed by atoms with van der Waals surface area (Å²) >= 11 is 0. The van der Waals surface area contributed by atoms with Gasteiger partial charge in [-0.3, -0.25) is 0 Å². The van der Waals surface area contributed by atoms with Crippen LogP contribution in [0.2, 0.25) is 0 Å². The minimum Gasteiger partial charge on any atom is -0.397 e. The molecule has 2 heteroatoms. The van der Waals surface area contributed by atoms with Gasteiger partial charge in [-0.1, -0.05) is 179 Å². The zero-order valence-electron chi connectivity index (χ0n) is 30.6. The Labute approximate surface area is 308 Å². The number of nitrogens with zero attached hydrogens (tertiary/aromatic N) is 1. The number of para-hydroxylation sites is 3. The molecule has 52 heavy (non-hydrogen) atoms. The number of nitrogens with two attached hydrogens (primary N) is 1. The molecule has 0 bridgehead atoms. The van der Waals surface area contributed by atoms with Crippen molar-refractivity contribution in [1.29, 1.82) is 0 Å². The van der Waals surface area contributed by atoms with E-state index in [0.717, 1.165) is 17.1 Å². The van der Waals surface area contributed by atoms with E-state index >= 15 is 0 Å². The topological polar surface area (TPSA) is 29.3 Å². The molecule has 0 saturated heterocycles. The lowest BCUT2D eigenvalue weighted by Crippen LogP contribution is -2.29. The third-order valence-corrected chi connectivity index (χ3v) is 10.1. The van der Waals surface area contributed by atoms with Gasteiger partial charge in [0.25, 0.3) is 0 Å². The van der Waals surface area contributed by atoms with Crippen LogP contribution in [0.4, 0.5) is 17.1 Å². The molecule has 256 valence electrons. The van der Waals surface area contributed by atoms with E-state index < -0.39 is 5.41 Å². The first-order valence-electron chi connectivity index (χ1n) is 18.6.